The summed E-state index contributed by atoms with van der Waals surface area (Å²) in [6.45, 7) is 3.57. The quantitative estimate of drug-likeness (QED) is 0.444. The number of aryl methyl sites for hydroxylation is 1. The van der Waals surface area contributed by atoms with E-state index in [-0.39, 0.29) is 5.69 Å². The summed E-state index contributed by atoms with van der Waals surface area (Å²) in [4.78, 5) is 10.1. The van der Waals surface area contributed by atoms with Crippen molar-refractivity contribution in [3.8, 4) is 0 Å². The Morgan fingerprint density at radius 3 is 2.92 bits per heavy atom. The molecule has 0 unspecified atom stereocenters. The fraction of sp³-hybridized carbons (Fsp3) is 0.500. The van der Waals surface area contributed by atoms with Crippen molar-refractivity contribution < 1.29 is 4.92 Å². The minimum absolute atomic E-state index is 0.0989. The van der Waals surface area contributed by atoms with E-state index >= 15 is 0 Å². The molecule has 1 aromatic rings. The smallest absolute Gasteiger partial charge is 0.275 e. The monoisotopic (exact) mass is 187 g/mol. The molecule has 0 aliphatic carbocycles. The zero-order chi connectivity index (χ0) is 9.14. The second-order valence-corrected chi connectivity index (χ2v) is 3.45. The van der Waals surface area contributed by atoms with E-state index in [0.29, 0.717) is 10.7 Å². The summed E-state index contributed by atoms with van der Waals surface area (Å²) in [5.74, 6) is 0.783. The summed E-state index contributed by atoms with van der Waals surface area (Å²) in [5.41, 5.74) is 0.609. The van der Waals surface area contributed by atoms with Crippen molar-refractivity contribution in [2.75, 3.05) is 5.75 Å². The highest BCUT2D eigenvalue weighted by molar-refractivity contribution is 7.99. The van der Waals surface area contributed by atoms with Gasteiger partial charge in [-0.05, 0) is 12.7 Å². The first-order chi connectivity index (χ1) is 5.66. The standard InChI is InChI=1S/C6H9N3O2S/c1-3-12-6-5(9(10)11)4(2)7-8-6/h3H2,1-2H3,(H,7,8). The Hall–Kier alpha value is -1.04. The van der Waals surface area contributed by atoms with Crippen molar-refractivity contribution in [3.05, 3.63) is 15.8 Å². The van der Waals surface area contributed by atoms with E-state index in [1.54, 1.807) is 6.92 Å². The number of nitrogens with zero attached hydrogens (tertiary/aromatic N) is 2. The number of nitro groups is 1. The van der Waals surface area contributed by atoms with Gasteiger partial charge in [-0.15, -0.1) is 0 Å². The summed E-state index contributed by atoms with van der Waals surface area (Å²) in [5, 5.41) is 17.4. The summed E-state index contributed by atoms with van der Waals surface area (Å²) >= 11 is 1.37. The molecular formula is C6H9N3O2S. The summed E-state index contributed by atoms with van der Waals surface area (Å²) in [6, 6.07) is 0. The minimum atomic E-state index is -0.406. The molecule has 1 rings (SSSR count). The fourth-order valence-electron chi connectivity index (χ4n) is 0.853. The molecule has 0 aromatic carbocycles. The van der Waals surface area contributed by atoms with Crippen molar-refractivity contribution in [1.82, 2.24) is 10.2 Å². The summed E-state index contributed by atoms with van der Waals surface area (Å²) < 4.78 is 0. The first-order valence-electron chi connectivity index (χ1n) is 3.49. The van der Waals surface area contributed by atoms with E-state index < -0.39 is 4.92 Å². The molecule has 0 saturated heterocycles. The number of hydrogen-bond acceptors (Lipinski definition) is 4. The number of H-pyrrole nitrogens is 1. The average Bonchev–Trinajstić information content (AvgIpc) is 2.32. The van der Waals surface area contributed by atoms with Crippen LogP contribution in [-0.2, 0) is 0 Å². The topological polar surface area (TPSA) is 71.8 Å². The van der Waals surface area contributed by atoms with Crippen LogP contribution in [0.5, 0.6) is 0 Å². The lowest BCUT2D eigenvalue weighted by Crippen LogP contribution is -1.90. The second-order valence-electron chi connectivity index (χ2n) is 2.19. The molecule has 0 amide bonds. The molecule has 1 heterocycles. The van der Waals surface area contributed by atoms with Crippen LogP contribution in [0.4, 0.5) is 5.69 Å². The summed E-state index contributed by atoms with van der Waals surface area (Å²) in [7, 11) is 0. The minimum Gasteiger partial charge on any atom is -0.275 e. The highest BCUT2D eigenvalue weighted by atomic mass is 32.2. The van der Waals surface area contributed by atoms with Crippen molar-refractivity contribution >= 4 is 17.4 Å². The highest BCUT2D eigenvalue weighted by Gasteiger charge is 2.20. The Labute approximate surface area is 73.7 Å². The molecule has 0 atom stereocenters. The molecule has 0 aliphatic heterocycles. The van der Waals surface area contributed by atoms with E-state index in [4.69, 9.17) is 0 Å². The number of rotatable bonds is 3. The van der Waals surface area contributed by atoms with Crippen molar-refractivity contribution in [3.63, 3.8) is 0 Å². The maximum absolute atomic E-state index is 10.5. The molecule has 0 radical (unpaired) electrons. The number of thioether (sulfide) groups is 1. The SMILES string of the molecule is CCSc1n[nH]c(C)c1[N+](=O)[O-]. The molecule has 0 fully saturated rings. The molecule has 66 valence electrons. The van der Waals surface area contributed by atoms with E-state index in [0.717, 1.165) is 5.75 Å². The molecular weight excluding hydrogens is 178 g/mol. The van der Waals surface area contributed by atoms with Gasteiger partial charge in [0.2, 0.25) is 0 Å². The van der Waals surface area contributed by atoms with E-state index in [9.17, 15) is 10.1 Å². The van der Waals surface area contributed by atoms with Crippen LogP contribution in [0.15, 0.2) is 5.03 Å². The Morgan fingerprint density at radius 1 is 1.75 bits per heavy atom. The van der Waals surface area contributed by atoms with Gasteiger partial charge >= 0.3 is 5.69 Å². The number of aromatic nitrogens is 2. The van der Waals surface area contributed by atoms with Gasteiger partial charge in [0.15, 0.2) is 5.03 Å². The Balaban J connectivity index is 3.04. The maximum Gasteiger partial charge on any atom is 0.323 e. The highest BCUT2D eigenvalue weighted by Crippen LogP contribution is 2.28. The molecule has 5 nitrogen and oxygen atoms in total. The van der Waals surface area contributed by atoms with Crippen LogP contribution in [0, 0.1) is 17.0 Å². The lowest BCUT2D eigenvalue weighted by Gasteiger charge is -1.91. The third kappa shape index (κ3) is 1.58. The fourth-order valence-corrected chi connectivity index (χ4v) is 1.60. The molecule has 0 aliphatic rings. The van der Waals surface area contributed by atoms with Gasteiger partial charge in [-0.3, -0.25) is 15.2 Å². The Morgan fingerprint density at radius 2 is 2.42 bits per heavy atom. The molecule has 0 spiro atoms. The lowest BCUT2D eigenvalue weighted by atomic mass is 10.4. The first-order valence-corrected chi connectivity index (χ1v) is 4.47. The van der Waals surface area contributed by atoms with Crippen molar-refractivity contribution in [2.24, 2.45) is 0 Å². The number of nitrogens with one attached hydrogen (secondary N) is 1. The van der Waals surface area contributed by atoms with Gasteiger partial charge in [0.1, 0.15) is 5.69 Å². The third-order valence-corrected chi connectivity index (χ3v) is 2.19. The second kappa shape index (κ2) is 3.57. The van der Waals surface area contributed by atoms with Crippen LogP contribution < -0.4 is 0 Å². The van der Waals surface area contributed by atoms with Crippen LogP contribution >= 0.6 is 11.8 Å². The average molecular weight is 187 g/mol. The van der Waals surface area contributed by atoms with Crippen LogP contribution in [0.3, 0.4) is 0 Å². The Kier molecular flexibility index (Phi) is 2.69. The van der Waals surface area contributed by atoms with Gasteiger partial charge < -0.3 is 0 Å². The van der Waals surface area contributed by atoms with Crippen molar-refractivity contribution in [1.29, 1.82) is 0 Å². The van der Waals surface area contributed by atoms with E-state index in [1.165, 1.54) is 11.8 Å². The molecule has 12 heavy (non-hydrogen) atoms. The zero-order valence-corrected chi connectivity index (χ0v) is 7.64. The van der Waals surface area contributed by atoms with Gasteiger partial charge in [-0.2, -0.15) is 5.10 Å². The van der Waals surface area contributed by atoms with Crippen molar-refractivity contribution in [2.45, 2.75) is 18.9 Å². The van der Waals surface area contributed by atoms with Crippen LogP contribution in [0.25, 0.3) is 0 Å². The Bertz CT molecular complexity index is 297. The molecule has 1 N–H and O–H groups in total. The molecule has 0 saturated carbocycles. The van der Waals surface area contributed by atoms with Crippen LogP contribution in [0.1, 0.15) is 12.6 Å². The third-order valence-electron chi connectivity index (χ3n) is 1.35. The van der Waals surface area contributed by atoms with Crippen LogP contribution in [-0.4, -0.2) is 20.9 Å². The van der Waals surface area contributed by atoms with E-state index in [2.05, 4.69) is 10.2 Å². The molecule has 6 heteroatoms. The molecule has 1 aromatic heterocycles. The maximum atomic E-state index is 10.5. The normalized spacial score (nSPS) is 10.2. The zero-order valence-electron chi connectivity index (χ0n) is 6.83. The van der Waals surface area contributed by atoms with Crippen LogP contribution in [0.2, 0.25) is 0 Å². The predicted molar refractivity (Wildman–Crippen MR) is 46.4 cm³/mol. The van der Waals surface area contributed by atoms with Gasteiger partial charge in [-0.1, -0.05) is 18.7 Å². The first kappa shape index (κ1) is 9.05. The van der Waals surface area contributed by atoms with Gasteiger partial charge in [0, 0.05) is 0 Å². The number of hydrogen-bond donors (Lipinski definition) is 1. The van der Waals surface area contributed by atoms with Gasteiger partial charge in [-0.25, -0.2) is 0 Å². The van der Waals surface area contributed by atoms with Gasteiger partial charge in [0.25, 0.3) is 0 Å². The lowest BCUT2D eigenvalue weighted by molar-refractivity contribution is -0.388. The molecule has 0 bridgehead atoms. The largest absolute Gasteiger partial charge is 0.323 e. The summed E-state index contributed by atoms with van der Waals surface area (Å²) in [6.07, 6.45) is 0. The predicted octanol–water partition coefficient (Wildman–Crippen LogP) is 1.74. The number of aromatic amines is 1. The van der Waals surface area contributed by atoms with Gasteiger partial charge in [0.05, 0.1) is 4.92 Å². The van der Waals surface area contributed by atoms with E-state index in [1.807, 2.05) is 6.92 Å².